The molecule has 0 aromatic heterocycles. The zero-order valence-corrected chi connectivity index (χ0v) is 8.66. The van der Waals surface area contributed by atoms with Gasteiger partial charge in [-0.1, -0.05) is 0 Å². The third-order valence-electron chi connectivity index (χ3n) is 3.32. The van der Waals surface area contributed by atoms with Crippen LogP contribution in [0.2, 0.25) is 0 Å². The maximum absolute atomic E-state index is 12.2. The SMILES string of the molecule is O=C(C(F)F)N1CCC(N2CCCC2)C1. The molecule has 0 N–H and O–H groups in total. The fraction of sp³-hybridized carbons (Fsp3) is 0.900. The molecule has 1 amide bonds. The van der Waals surface area contributed by atoms with E-state index >= 15 is 0 Å². The van der Waals surface area contributed by atoms with Crippen molar-refractivity contribution in [2.75, 3.05) is 26.2 Å². The average Bonchev–Trinajstić information content (AvgIpc) is 2.86. The lowest BCUT2D eigenvalue weighted by molar-refractivity contribution is -0.141. The van der Waals surface area contributed by atoms with E-state index in [-0.39, 0.29) is 0 Å². The topological polar surface area (TPSA) is 23.6 Å². The first-order valence-corrected chi connectivity index (χ1v) is 5.49. The van der Waals surface area contributed by atoms with Gasteiger partial charge in [-0.2, -0.15) is 8.78 Å². The summed E-state index contributed by atoms with van der Waals surface area (Å²) in [4.78, 5) is 14.7. The van der Waals surface area contributed by atoms with E-state index in [0.29, 0.717) is 19.1 Å². The van der Waals surface area contributed by atoms with Crippen LogP contribution in [0.5, 0.6) is 0 Å². The summed E-state index contributed by atoms with van der Waals surface area (Å²) in [6.45, 7) is 3.09. The minimum Gasteiger partial charge on any atom is -0.336 e. The predicted octanol–water partition coefficient (Wildman–Crippen LogP) is 0.948. The first kappa shape index (κ1) is 10.8. The first-order valence-electron chi connectivity index (χ1n) is 5.49. The lowest BCUT2D eigenvalue weighted by atomic mass is 10.2. The highest BCUT2D eigenvalue weighted by atomic mass is 19.3. The summed E-state index contributed by atoms with van der Waals surface area (Å²) in [5, 5.41) is 0. The zero-order valence-electron chi connectivity index (χ0n) is 8.66. The Bertz CT molecular complexity index is 242. The van der Waals surface area contributed by atoms with Gasteiger partial charge in [0.15, 0.2) is 0 Å². The minimum atomic E-state index is -2.85. The minimum absolute atomic E-state index is 0.315. The van der Waals surface area contributed by atoms with E-state index in [4.69, 9.17) is 0 Å². The number of amides is 1. The van der Waals surface area contributed by atoms with E-state index in [0.717, 1.165) is 19.5 Å². The Morgan fingerprint density at radius 2 is 1.87 bits per heavy atom. The van der Waals surface area contributed by atoms with Gasteiger partial charge < -0.3 is 4.90 Å². The van der Waals surface area contributed by atoms with Crippen molar-refractivity contribution in [2.45, 2.75) is 31.7 Å². The lowest BCUT2D eigenvalue weighted by Crippen LogP contribution is -2.39. The van der Waals surface area contributed by atoms with Crippen molar-refractivity contribution in [3.05, 3.63) is 0 Å². The van der Waals surface area contributed by atoms with Crippen molar-refractivity contribution in [2.24, 2.45) is 0 Å². The number of halogens is 2. The van der Waals surface area contributed by atoms with Gasteiger partial charge in [0.1, 0.15) is 0 Å². The Kier molecular flexibility index (Phi) is 3.19. The molecule has 0 aromatic carbocycles. The van der Waals surface area contributed by atoms with E-state index < -0.39 is 12.3 Å². The summed E-state index contributed by atoms with van der Waals surface area (Å²) in [7, 11) is 0. The summed E-state index contributed by atoms with van der Waals surface area (Å²) in [5.41, 5.74) is 0. The smallest absolute Gasteiger partial charge is 0.315 e. The molecule has 1 atom stereocenters. The average molecular weight is 218 g/mol. The maximum atomic E-state index is 12.2. The van der Waals surface area contributed by atoms with Crippen LogP contribution in [-0.2, 0) is 4.79 Å². The Labute approximate surface area is 88.0 Å². The van der Waals surface area contributed by atoms with Gasteiger partial charge >= 0.3 is 6.43 Å². The predicted molar refractivity (Wildman–Crippen MR) is 51.8 cm³/mol. The van der Waals surface area contributed by atoms with Crippen molar-refractivity contribution < 1.29 is 13.6 Å². The molecule has 0 spiro atoms. The van der Waals surface area contributed by atoms with Crippen LogP contribution in [0.4, 0.5) is 8.78 Å². The lowest BCUT2D eigenvalue weighted by Gasteiger charge is -2.23. The molecule has 86 valence electrons. The van der Waals surface area contributed by atoms with Crippen LogP contribution in [-0.4, -0.2) is 54.4 Å². The first-order chi connectivity index (χ1) is 7.18. The number of hydrogen-bond donors (Lipinski definition) is 0. The molecule has 0 aromatic rings. The molecule has 2 aliphatic rings. The van der Waals surface area contributed by atoms with Crippen LogP contribution in [0, 0.1) is 0 Å². The molecule has 2 rings (SSSR count). The number of alkyl halides is 2. The standard InChI is InChI=1S/C10H16F2N2O/c11-9(12)10(15)14-6-3-8(7-14)13-4-1-2-5-13/h8-9H,1-7H2. The number of likely N-dealkylation sites (tertiary alicyclic amines) is 2. The Morgan fingerprint density at radius 1 is 1.20 bits per heavy atom. The monoisotopic (exact) mass is 218 g/mol. The molecule has 1 unspecified atom stereocenters. The van der Waals surface area contributed by atoms with Crippen LogP contribution < -0.4 is 0 Å². The molecule has 5 heteroatoms. The molecule has 0 saturated carbocycles. The van der Waals surface area contributed by atoms with Crippen LogP contribution in [0.1, 0.15) is 19.3 Å². The molecule has 2 aliphatic heterocycles. The second-order valence-electron chi connectivity index (χ2n) is 4.27. The van der Waals surface area contributed by atoms with Crippen molar-refractivity contribution >= 4 is 5.91 Å². The van der Waals surface area contributed by atoms with Crippen molar-refractivity contribution in [3.63, 3.8) is 0 Å². The molecule has 0 radical (unpaired) electrons. The molecule has 2 saturated heterocycles. The van der Waals surface area contributed by atoms with E-state index in [1.54, 1.807) is 0 Å². The van der Waals surface area contributed by atoms with Gasteiger partial charge in [-0.15, -0.1) is 0 Å². The van der Waals surface area contributed by atoms with Gasteiger partial charge in [-0.3, -0.25) is 9.69 Å². The molecule has 0 bridgehead atoms. The number of rotatable bonds is 2. The van der Waals surface area contributed by atoms with E-state index in [1.165, 1.54) is 17.7 Å². The van der Waals surface area contributed by atoms with Crippen molar-refractivity contribution in [3.8, 4) is 0 Å². The number of carbonyl (C=O) groups is 1. The second kappa shape index (κ2) is 4.43. The summed E-state index contributed by atoms with van der Waals surface area (Å²) in [5.74, 6) is -1.00. The highest BCUT2D eigenvalue weighted by Crippen LogP contribution is 2.21. The summed E-state index contributed by atoms with van der Waals surface area (Å²) in [6.07, 6.45) is 0.388. The Balaban J connectivity index is 1.86. The van der Waals surface area contributed by atoms with Crippen molar-refractivity contribution in [1.82, 2.24) is 9.80 Å². The number of carbonyl (C=O) groups excluding carboxylic acids is 1. The molecular formula is C10H16F2N2O. The van der Waals surface area contributed by atoms with E-state index in [9.17, 15) is 13.6 Å². The number of nitrogens with zero attached hydrogens (tertiary/aromatic N) is 2. The highest BCUT2D eigenvalue weighted by molar-refractivity contribution is 5.79. The fourth-order valence-electron chi connectivity index (χ4n) is 2.48. The zero-order chi connectivity index (χ0) is 10.8. The molecule has 2 fully saturated rings. The normalized spacial score (nSPS) is 27.9. The van der Waals surface area contributed by atoms with Crippen LogP contribution in [0.25, 0.3) is 0 Å². The molecular weight excluding hydrogens is 202 g/mol. The summed E-state index contributed by atoms with van der Waals surface area (Å²) >= 11 is 0. The highest BCUT2D eigenvalue weighted by Gasteiger charge is 2.34. The van der Waals surface area contributed by atoms with Gasteiger partial charge in [-0.25, -0.2) is 0 Å². The maximum Gasteiger partial charge on any atom is 0.315 e. The van der Waals surface area contributed by atoms with Crippen molar-refractivity contribution in [1.29, 1.82) is 0 Å². The van der Waals surface area contributed by atoms with E-state index in [1.807, 2.05) is 0 Å². The Morgan fingerprint density at radius 3 is 2.47 bits per heavy atom. The van der Waals surface area contributed by atoms with Crippen LogP contribution in [0.15, 0.2) is 0 Å². The molecule has 0 aliphatic carbocycles. The van der Waals surface area contributed by atoms with Crippen LogP contribution >= 0.6 is 0 Å². The van der Waals surface area contributed by atoms with Crippen LogP contribution in [0.3, 0.4) is 0 Å². The third-order valence-corrected chi connectivity index (χ3v) is 3.32. The molecule has 15 heavy (non-hydrogen) atoms. The second-order valence-corrected chi connectivity index (χ2v) is 4.27. The quantitative estimate of drug-likeness (QED) is 0.689. The van der Waals surface area contributed by atoms with Gasteiger partial charge in [0.05, 0.1) is 0 Å². The Hall–Kier alpha value is -0.710. The van der Waals surface area contributed by atoms with E-state index in [2.05, 4.69) is 4.90 Å². The molecule has 3 nitrogen and oxygen atoms in total. The third kappa shape index (κ3) is 2.27. The molecule has 2 heterocycles. The van der Waals surface area contributed by atoms with Gasteiger partial charge in [0.2, 0.25) is 0 Å². The van der Waals surface area contributed by atoms with Gasteiger partial charge in [0.25, 0.3) is 5.91 Å². The fourth-order valence-corrected chi connectivity index (χ4v) is 2.48. The van der Waals surface area contributed by atoms with Gasteiger partial charge in [-0.05, 0) is 32.4 Å². The number of hydrogen-bond acceptors (Lipinski definition) is 2. The summed E-state index contributed by atoms with van der Waals surface area (Å²) in [6, 6.07) is 0.315. The summed E-state index contributed by atoms with van der Waals surface area (Å²) < 4.78 is 24.4. The van der Waals surface area contributed by atoms with Gasteiger partial charge in [0, 0.05) is 19.1 Å². The largest absolute Gasteiger partial charge is 0.336 e.